The molecule has 0 saturated carbocycles. The maximum Gasteiger partial charge on any atom is 0.147 e. The van der Waals surface area contributed by atoms with Gasteiger partial charge in [-0.25, -0.2) is 15.0 Å². The number of thioether (sulfide) groups is 1. The highest BCUT2D eigenvalue weighted by Gasteiger charge is 2.40. The van der Waals surface area contributed by atoms with E-state index in [0.29, 0.717) is 16.3 Å². The summed E-state index contributed by atoms with van der Waals surface area (Å²) in [6.45, 7) is 1.99. The Morgan fingerprint density at radius 2 is 1.76 bits per heavy atom. The lowest BCUT2D eigenvalue weighted by Crippen LogP contribution is -2.40. The summed E-state index contributed by atoms with van der Waals surface area (Å²) in [5.41, 5.74) is 11.9. The number of nitrogens with zero attached hydrogens (tertiary/aromatic N) is 5. The van der Waals surface area contributed by atoms with Gasteiger partial charge in [-0.2, -0.15) is 0 Å². The van der Waals surface area contributed by atoms with E-state index in [1.807, 2.05) is 36.4 Å². The number of allylic oxidation sites excluding steroid dienone is 2. The molecule has 1 fully saturated rings. The summed E-state index contributed by atoms with van der Waals surface area (Å²) in [7, 11) is 2.01. The summed E-state index contributed by atoms with van der Waals surface area (Å²) in [4.78, 5) is 20.3. The van der Waals surface area contributed by atoms with E-state index in [9.17, 15) is 0 Å². The van der Waals surface area contributed by atoms with Crippen LogP contribution in [0, 0.1) is 5.41 Å². The van der Waals surface area contributed by atoms with Gasteiger partial charge in [-0.05, 0) is 77.6 Å². The minimum atomic E-state index is 0.327. The van der Waals surface area contributed by atoms with Gasteiger partial charge in [-0.1, -0.05) is 71.9 Å². The van der Waals surface area contributed by atoms with Crippen LogP contribution in [0.3, 0.4) is 0 Å². The number of piperidine rings is 1. The first kappa shape index (κ1) is 26.1. The van der Waals surface area contributed by atoms with Crippen molar-refractivity contribution in [1.82, 2.24) is 14.8 Å². The van der Waals surface area contributed by atoms with Crippen molar-refractivity contribution in [3.05, 3.63) is 112 Å². The lowest BCUT2D eigenvalue weighted by atomic mass is 9.76. The number of pyridine rings is 1. The third kappa shape index (κ3) is 4.98. The van der Waals surface area contributed by atoms with Crippen molar-refractivity contribution in [3.63, 3.8) is 0 Å². The number of halogens is 1. The molecule has 1 spiro atoms. The molecule has 6 nitrogen and oxygen atoms in total. The fourth-order valence-electron chi connectivity index (χ4n) is 6.30. The summed E-state index contributed by atoms with van der Waals surface area (Å²) >= 11 is 7.93. The highest BCUT2D eigenvalue weighted by atomic mass is 35.5. The summed E-state index contributed by atoms with van der Waals surface area (Å²) in [5.74, 6) is 2.99. The van der Waals surface area contributed by atoms with E-state index in [0.717, 1.165) is 53.2 Å². The molecule has 0 atom stereocenters. The van der Waals surface area contributed by atoms with Gasteiger partial charge in [0.15, 0.2) is 0 Å². The fraction of sp³-hybridized carbons (Fsp3) is 0.242. The van der Waals surface area contributed by atoms with Crippen molar-refractivity contribution < 1.29 is 0 Å². The van der Waals surface area contributed by atoms with Crippen LogP contribution >= 0.6 is 23.4 Å². The van der Waals surface area contributed by atoms with Crippen molar-refractivity contribution in [1.29, 1.82) is 0 Å². The number of anilines is 1. The number of likely N-dealkylation sites (tertiary alicyclic amines) is 1. The van der Waals surface area contributed by atoms with Crippen LogP contribution in [0.25, 0.3) is 11.1 Å². The monoisotopic (exact) mass is 578 g/mol. The van der Waals surface area contributed by atoms with E-state index in [1.54, 1.807) is 6.20 Å². The standard InChI is InChI=1S/C33H31ClN6S/c1-39-28-10-9-27(41-26-11-15-36-31(35)30(26)34)32(39)37-16-12-29(38-28)40-17-13-33(14-18-40)20-24-8-7-23(19-25(24)21-33)22-5-3-2-4-6-22/h2-12,15-16,19H,13-14,17-18,20-21H2,1H3,(H2,35,36). The predicted molar refractivity (Wildman–Crippen MR) is 170 cm³/mol. The summed E-state index contributed by atoms with van der Waals surface area (Å²) in [6.07, 6.45) is 14.3. The Morgan fingerprint density at radius 1 is 0.951 bits per heavy atom. The summed E-state index contributed by atoms with van der Waals surface area (Å²) in [5, 5.41) is 0.461. The van der Waals surface area contributed by atoms with Gasteiger partial charge in [0.25, 0.3) is 0 Å². The number of fused-ring (bicyclic) bond motifs is 3. The molecule has 1 aromatic heterocycles. The van der Waals surface area contributed by atoms with Gasteiger partial charge in [0.2, 0.25) is 0 Å². The zero-order valence-electron chi connectivity index (χ0n) is 22.9. The van der Waals surface area contributed by atoms with Crippen molar-refractivity contribution >= 4 is 41.2 Å². The van der Waals surface area contributed by atoms with Crippen LogP contribution in [0.5, 0.6) is 0 Å². The summed E-state index contributed by atoms with van der Waals surface area (Å²) in [6, 6.07) is 19.6. The number of amidine groups is 1. The van der Waals surface area contributed by atoms with E-state index >= 15 is 0 Å². The summed E-state index contributed by atoms with van der Waals surface area (Å²) < 4.78 is 0. The average molecular weight is 579 g/mol. The second kappa shape index (κ2) is 10.5. The zero-order valence-corrected chi connectivity index (χ0v) is 24.5. The molecule has 4 heterocycles. The molecule has 7 rings (SSSR count). The van der Waals surface area contributed by atoms with E-state index in [4.69, 9.17) is 27.3 Å². The lowest BCUT2D eigenvalue weighted by molar-refractivity contribution is 0.135. The molecule has 8 heteroatoms. The highest BCUT2D eigenvalue weighted by Crippen LogP contribution is 2.46. The minimum absolute atomic E-state index is 0.327. The van der Waals surface area contributed by atoms with Gasteiger partial charge in [0, 0.05) is 37.4 Å². The third-order valence-electron chi connectivity index (χ3n) is 8.61. The molecule has 2 bridgehead atoms. The largest absolute Gasteiger partial charge is 0.382 e. The van der Waals surface area contributed by atoms with Crippen LogP contribution < -0.4 is 5.73 Å². The van der Waals surface area contributed by atoms with E-state index < -0.39 is 0 Å². The number of aliphatic imine (C=N–C) groups is 2. The molecule has 2 aromatic carbocycles. The topological polar surface area (TPSA) is 70.1 Å². The lowest BCUT2D eigenvalue weighted by Gasteiger charge is -2.40. The number of benzene rings is 2. The molecule has 0 radical (unpaired) electrons. The number of rotatable bonds is 4. The van der Waals surface area contributed by atoms with Gasteiger partial charge >= 0.3 is 0 Å². The Kier molecular flexibility index (Phi) is 6.72. The quantitative estimate of drug-likeness (QED) is 0.363. The van der Waals surface area contributed by atoms with Gasteiger partial charge in [0.05, 0.1) is 9.93 Å². The minimum Gasteiger partial charge on any atom is -0.382 e. The number of aromatic nitrogens is 1. The Labute approximate surface area is 250 Å². The number of hydrogen-bond acceptors (Lipinski definition) is 7. The molecule has 206 valence electrons. The van der Waals surface area contributed by atoms with Gasteiger partial charge < -0.3 is 15.5 Å². The van der Waals surface area contributed by atoms with Crippen LogP contribution in [-0.2, 0) is 12.8 Å². The molecule has 3 aliphatic heterocycles. The van der Waals surface area contributed by atoms with Crippen molar-refractivity contribution in [3.8, 4) is 11.1 Å². The normalized spacial score (nSPS) is 19.2. The third-order valence-corrected chi connectivity index (χ3v) is 10.2. The molecule has 4 aliphatic rings. The molecule has 1 aliphatic carbocycles. The average Bonchev–Trinajstić information content (AvgIpc) is 3.34. The molecule has 0 amide bonds. The number of likely N-dealkylation sites (N-methyl/N-ethyl adjacent to an activating group) is 1. The van der Waals surface area contributed by atoms with Crippen molar-refractivity contribution in [2.24, 2.45) is 15.4 Å². The Morgan fingerprint density at radius 3 is 2.59 bits per heavy atom. The SMILES string of the molecule is CN1C2=NC(N3CCC4(CC3)Cc3ccc(-c5ccccc5)cc3C4)=CC=NC1=C(Sc1ccnc(N)c1Cl)C=C2. The molecule has 2 N–H and O–H groups in total. The Bertz CT molecular complexity index is 1660. The first-order valence-corrected chi connectivity index (χ1v) is 15.2. The number of nitrogens with two attached hydrogens (primary N) is 1. The zero-order chi connectivity index (χ0) is 28.0. The van der Waals surface area contributed by atoms with Crippen LogP contribution in [0.2, 0.25) is 5.02 Å². The second-order valence-electron chi connectivity index (χ2n) is 11.2. The Balaban J connectivity index is 1.06. The van der Waals surface area contributed by atoms with Gasteiger partial charge in [-0.15, -0.1) is 0 Å². The first-order chi connectivity index (χ1) is 20.0. The molecule has 3 aromatic rings. The molecular formula is C33H31ClN6S. The van der Waals surface area contributed by atoms with Gasteiger partial charge in [-0.3, -0.25) is 0 Å². The van der Waals surface area contributed by atoms with Crippen LogP contribution in [-0.4, -0.2) is 47.0 Å². The van der Waals surface area contributed by atoms with Crippen LogP contribution in [0.1, 0.15) is 24.0 Å². The van der Waals surface area contributed by atoms with Gasteiger partial charge in [0.1, 0.15) is 23.3 Å². The van der Waals surface area contributed by atoms with E-state index in [-0.39, 0.29) is 0 Å². The molecule has 1 saturated heterocycles. The van der Waals surface area contributed by atoms with Crippen LogP contribution in [0.4, 0.5) is 5.82 Å². The van der Waals surface area contributed by atoms with E-state index in [2.05, 4.69) is 64.5 Å². The van der Waals surface area contributed by atoms with Crippen molar-refractivity contribution in [2.45, 2.75) is 30.6 Å². The first-order valence-electron chi connectivity index (χ1n) is 14.0. The van der Waals surface area contributed by atoms with E-state index in [1.165, 1.54) is 46.9 Å². The van der Waals surface area contributed by atoms with Crippen LogP contribution in [0.15, 0.2) is 110 Å². The fourth-order valence-corrected chi connectivity index (χ4v) is 7.51. The predicted octanol–water partition coefficient (Wildman–Crippen LogP) is 6.95. The Hall–Kier alpha value is -3.81. The smallest absolute Gasteiger partial charge is 0.147 e. The number of hydrogen-bond donors (Lipinski definition) is 1. The molecular weight excluding hydrogens is 548 g/mol. The maximum absolute atomic E-state index is 6.40. The molecule has 41 heavy (non-hydrogen) atoms. The van der Waals surface area contributed by atoms with Crippen molar-refractivity contribution in [2.75, 3.05) is 25.9 Å². The maximum atomic E-state index is 6.40. The number of nitrogen functional groups attached to an aromatic ring is 1. The molecule has 0 unspecified atom stereocenters. The highest BCUT2D eigenvalue weighted by molar-refractivity contribution is 8.03. The second-order valence-corrected chi connectivity index (χ2v) is 12.6.